The summed E-state index contributed by atoms with van der Waals surface area (Å²) in [4.78, 5) is 35.0. The number of nitrogens with one attached hydrogen (secondary N) is 4. The molecule has 0 spiro atoms. The van der Waals surface area contributed by atoms with E-state index in [1.54, 1.807) is 37.2 Å². The van der Waals surface area contributed by atoms with E-state index in [2.05, 4.69) is 30.4 Å². The van der Waals surface area contributed by atoms with Gasteiger partial charge in [-0.1, -0.05) is 29.3 Å². The third kappa shape index (κ3) is 6.62. The van der Waals surface area contributed by atoms with E-state index < -0.39 is 27.4 Å². The Morgan fingerprint density at radius 2 is 1.74 bits per heavy atom. The van der Waals surface area contributed by atoms with Crippen LogP contribution < -0.4 is 30.6 Å². The monoisotopic (exact) mass is 688 g/mol. The number of rotatable bonds is 9. The lowest BCUT2D eigenvalue weighted by atomic mass is 10.1. The first-order valence-corrected chi connectivity index (χ1v) is 15.7. The van der Waals surface area contributed by atoms with Gasteiger partial charge in [-0.15, -0.1) is 5.10 Å². The Bertz CT molecular complexity index is 2110. The number of urea groups is 1. The van der Waals surface area contributed by atoms with Gasteiger partial charge in [-0.3, -0.25) is 4.79 Å². The fourth-order valence-corrected chi connectivity index (χ4v) is 6.16. The molecule has 5 aromatic rings. The second-order valence-electron chi connectivity index (χ2n) is 10.1. The molecule has 46 heavy (non-hydrogen) atoms. The van der Waals surface area contributed by atoms with Crippen molar-refractivity contribution in [3.63, 3.8) is 0 Å². The quantitative estimate of drug-likeness (QED) is 0.172. The molecule has 2 amide bonds. The van der Waals surface area contributed by atoms with E-state index in [-0.39, 0.29) is 49.7 Å². The molecule has 240 valence electrons. The zero-order valence-corrected chi connectivity index (χ0v) is 27.1. The van der Waals surface area contributed by atoms with Gasteiger partial charge in [0.15, 0.2) is 11.5 Å². The van der Waals surface area contributed by atoms with Crippen molar-refractivity contribution in [1.29, 1.82) is 0 Å². The molecule has 5 rings (SSSR count). The Morgan fingerprint density at radius 1 is 1.07 bits per heavy atom. The summed E-state index contributed by atoms with van der Waals surface area (Å²) in [6.07, 6.45) is 0.118. The number of carbonyl (C=O) groups excluding carboxylic acids is 1. The summed E-state index contributed by atoms with van der Waals surface area (Å²) in [6.45, 7) is 0. The van der Waals surface area contributed by atoms with E-state index in [1.165, 1.54) is 55.2 Å². The maximum Gasteiger partial charge on any atom is 0.323 e. The number of carbonyl (C=O) groups is 1. The number of fused-ring (bicyclic) bond motifs is 1. The largest absolute Gasteiger partial charge is 0.495 e. The smallest absolute Gasteiger partial charge is 0.323 e. The van der Waals surface area contributed by atoms with Gasteiger partial charge in [0.2, 0.25) is 10.0 Å². The minimum Gasteiger partial charge on any atom is -0.495 e. The highest BCUT2D eigenvalue weighted by molar-refractivity contribution is 7.89. The Labute approximate surface area is 272 Å². The minimum atomic E-state index is -3.85. The number of hydrogen-bond acceptors (Lipinski definition) is 8. The van der Waals surface area contributed by atoms with Crippen LogP contribution in [0.15, 0.2) is 64.3 Å². The third-order valence-electron chi connectivity index (χ3n) is 6.76. The van der Waals surface area contributed by atoms with Crippen LogP contribution in [0.2, 0.25) is 10.0 Å². The predicted molar refractivity (Wildman–Crippen MR) is 175 cm³/mol. The highest BCUT2D eigenvalue weighted by atomic mass is 35.5. The van der Waals surface area contributed by atoms with Crippen LogP contribution in [0.4, 0.5) is 26.4 Å². The molecular formula is C29H27Cl2FN8O5S. The number of benzene rings is 3. The highest BCUT2D eigenvalue weighted by Gasteiger charge is 2.24. The van der Waals surface area contributed by atoms with Gasteiger partial charge in [-0.05, 0) is 61.1 Å². The summed E-state index contributed by atoms with van der Waals surface area (Å²) in [5, 5.41) is 9.96. The summed E-state index contributed by atoms with van der Waals surface area (Å²) in [5.41, 5.74) is 1.14. The van der Waals surface area contributed by atoms with E-state index in [9.17, 15) is 22.4 Å². The van der Waals surface area contributed by atoms with Crippen molar-refractivity contribution < 1.29 is 22.3 Å². The minimum absolute atomic E-state index is 0.0375. The summed E-state index contributed by atoms with van der Waals surface area (Å²) in [5.74, 6) is 0.460. The first-order valence-electron chi connectivity index (χ1n) is 13.4. The molecule has 0 saturated carbocycles. The lowest BCUT2D eigenvalue weighted by Gasteiger charge is -2.13. The van der Waals surface area contributed by atoms with Crippen LogP contribution in [0.25, 0.3) is 16.7 Å². The molecule has 2 heterocycles. The van der Waals surface area contributed by atoms with Crippen LogP contribution in [-0.2, 0) is 16.4 Å². The maximum absolute atomic E-state index is 13.4. The van der Waals surface area contributed by atoms with Crippen LogP contribution in [0.1, 0.15) is 11.4 Å². The number of anilines is 3. The van der Waals surface area contributed by atoms with Crippen molar-refractivity contribution in [3.8, 4) is 11.4 Å². The number of halogens is 3. The number of sulfonamides is 1. The van der Waals surface area contributed by atoms with Crippen molar-refractivity contribution in [1.82, 2.24) is 24.5 Å². The SMILES string of the molecule is CNS(=O)(=O)c1cc(Cl)c(-n2nc(N(C)C)c3c(=O)[nH]c(Cc4ccc(OC)c(NC(=O)Nc5ccc(F)cc5)c4)nc32)c(Cl)c1. The number of amides is 2. The van der Waals surface area contributed by atoms with Gasteiger partial charge in [0, 0.05) is 26.2 Å². The predicted octanol–water partition coefficient (Wildman–Crippen LogP) is 4.77. The lowest BCUT2D eigenvalue weighted by Crippen LogP contribution is -2.20. The van der Waals surface area contributed by atoms with Gasteiger partial charge < -0.3 is 25.3 Å². The van der Waals surface area contributed by atoms with E-state index in [1.807, 2.05) is 0 Å². The Balaban J connectivity index is 1.53. The van der Waals surface area contributed by atoms with E-state index in [4.69, 9.17) is 27.9 Å². The van der Waals surface area contributed by atoms with Crippen molar-refractivity contribution in [2.24, 2.45) is 0 Å². The molecule has 0 aliphatic rings. The fraction of sp³-hybridized carbons (Fsp3) is 0.172. The molecule has 0 radical (unpaired) electrons. The number of nitrogens with zero attached hydrogens (tertiary/aromatic N) is 4. The van der Waals surface area contributed by atoms with Gasteiger partial charge in [-0.2, -0.15) is 0 Å². The molecule has 0 aliphatic carbocycles. The molecule has 0 unspecified atom stereocenters. The summed E-state index contributed by atoms with van der Waals surface area (Å²) in [6, 6.07) is 12.2. The van der Waals surface area contributed by atoms with Crippen molar-refractivity contribution in [3.05, 3.63) is 92.2 Å². The third-order valence-corrected chi connectivity index (χ3v) is 8.73. The van der Waals surface area contributed by atoms with E-state index in [0.29, 0.717) is 22.7 Å². The van der Waals surface area contributed by atoms with Gasteiger partial charge in [0.25, 0.3) is 5.56 Å². The zero-order valence-electron chi connectivity index (χ0n) is 24.8. The Morgan fingerprint density at radius 3 is 2.35 bits per heavy atom. The first kappa shape index (κ1) is 32.7. The molecule has 2 aromatic heterocycles. The van der Waals surface area contributed by atoms with Crippen molar-refractivity contribution >= 4 is 67.5 Å². The van der Waals surface area contributed by atoms with Crippen LogP contribution >= 0.6 is 23.2 Å². The van der Waals surface area contributed by atoms with Crippen LogP contribution in [0.5, 0.6) is 5.75 Å². The van der Waals surface area contributed by atoms with Crippen LogP contribution in [-0.4, -0.2) is 62.5 Å². The molecule has 0 bridgehead atoms. The normalized spacial score (nSPS) is 11.5. The number of methoxy groups -OCH3 is 1. The van der Waals surface area contributed by atoms with E-state index >= 15 is 0 Å². The summed E-state index contributed by atoms with van der Waals surface area (Å²) in [7, 11) is 2.25. The van der Waals surface area contributed by atoms with E-state index in [0.717, 1.165) is 0 Å². The molecule has 4 N–H and O–H groups in total. The fourth-order valence-electron chi connectivity index (χ4n) is 4.60. The lowest BCUT2D eigenvalue weighted by molar-refractivity contribution is 0.262. The molecule has 17 heteroatoms. The van der Waals surface area contributed by atoms with Gasteiger partial charge >= 0.3 is 6.03 Å². The Hall–Kier alpha value is -4.70. The standard InChI is InChI=1S/C29H27Cl2FN8O5S/c1-33-46(43,44)18-13-19(30)25(20(31)14-18)40-26-24(27(38-40)39(2)3)28(41)37-23(36-26)12-15-5-10-22(45-4)21(11-15)35-29(42)34-17-8-6-16(32)7-9-17/h5-11,13-14,33H,12H2,1-4H3,(H2,34,35,42)(H,36,37,41). The van der Waals surface area contributed by atoms with Crippen molar-refractivity contribution in [2.75, 3.05) is 43.8 Å². The maximum atomic E-state index is 13.4. The number of aromatic amines is 1. The topological polar surface area (TPSA) is 163 Å². The molecule has 3 aromatic carbocycles. The van der Waals surface area contributed by atoms with Gasteiger partial charge in [0.1, 0.15) is 28.5 Å². The molecule has 0 atom stereocenters. The molecule has 0 fully saturated rings. The molecule has 0 aliphatic heterocycles. The van der Waals surface area contributed by atoms with Gasteiger partial charge in [-0.25, -0.2) is 32.0 Å². The average Bonchev–Trinajstić information content (AvgIpc) is 3.38. The zero-order chi connectivity index (χ0) is 33.3. The van der Waals surface area contributed by atoms with Crippen LogP contribution in [0, 0.1) is 5.82 Å². The van der Waals surface area contributed by atoms with Crippen LogP contribution in [0.3, 0.4) is 0 Å². The molecule has 13 nitrogen and oxygen atoms in total. The number of H-pyrrole nitrogens is 1. The van der Waals surface area contributed by atoms with Gasteiger partial charge in [0.05, 0.1) is 27.7 Å². The Kier molecular flexibility index (Phi) is 9.21. The summed E-state index contributed by atoms with van der Waals surface area (Å²) < 4.78 is 46.9. The average molecular weight is 690 g/mol. The molecular weight excluding hydrogens is 662 g/mol. The summed E-state index contributed by atoms with van der Waals surface area (Å²) >= 11 is 13.1. The number of ether oxygens (including phenoxy) is 1. The first-order chi connectivity index (χ1) is 21.8. The second kappa shape index (κ2) is 13.0. The second-order valence-corrected chi connectivity index (χ2v) is 12.8. The highest BCUT2D eigenvalue weighted by Crippen LogP contribution is 2.35. The number of hydrogen-bond donors (Lipinski definition) is 4. The molecule has 0 saturated heterocycles. The number of aromatic nitrogens is 4. The van der Waals surface area contributed by atoms with Crippen molar-refractivity contribution in [2.45, 2.75) is 11.3 Å².